The standard InChI is InChI=1S/C16H28N4O3S/c1-12-15(13(2)18(3)17-12)9-19-6-5-16(11-21)10-20(24(4,22)23)8-14(16)7-19/h14,21H,5-11H2,1-4H3/t14-,16+/m1/s1. The molecule has 2 aliphatic rings. The van der Waals surface area contributed by atoms with Crippen molar-refractivity contribution in [3.63, 3.8) is 0 Å². The van der Waals surface area contributed by atoms with E-state index in [9.17, 15) is 13.5 Å². The van der Waals surface area contributed by atoms with Crippen LogP contribution in [-0.2, 0) is 23.6 Å². The van der Waals surface area contributed by atoms with Gasteiger partial charge in [-0.3, -0.25) is 9.58 Å². The van der Waals surface area contributed by atoms with Crippen LogP contribution in [0.3, 0.4) is 0 Å². The Kier molecular flexibility index (Phi) is 4.53. The van der Waals surface area contributed by atoms with E-state index in [0.29, 0.717) is 13.1 Å². The summed E-state index contributed by atoms with van der Waals surface area (Å²) in [6, 6.07) is 0. The Morgan fingerprint density at radius 2 is 2.04 bits per heavy atom. The summed E-state index contributed by atoms with van der Waals surface area (Å²) in [7, 11) is -1.25. The summed E-state index contributed by atoms with van der Waals surface area (Å²) in [5.74, 6) is 0.184. The van der Waals surface area contributed by atoms with Crippen molar-refractivity contribution in [1.82, 2.24) is 19.0 Å². The number of hydrogen-bond donors (Lipinski definition) is 1. The highest BCUT2D eigenvalue weighted by molar-refractivity contribution is 7.88. The fourth-order valence-corrected chi connectivity index (χ4v) is 5.17. The third-order valence-corrected chi connectivity index (χ3v) is 7.23. The zero-order valence-electron chi connectivity index (χ0n) is 15.0. The molecule has 1 aromatic heterocycles. The molecule has 2 aliphatic heterocycles. The van der Waals surface area contributed by atoms with Gasteiger partial charge < -0.3 is 5.11 Å². The molecule has 2 fully saturated rings. The highest BCUT2D eigenvalue weighted by atomic mass is 32.2. The van der Waals surface area contributed by atoms with Crippen LogP contribution < -0.4 is 0 Å². The molecular formula is C16H28N4O3S. The van der Waals surface area contributed by atoms with Crippen LogP contribution in [0.1, 0.15) is 23.4 Å². The van der Waals surface area contributed by atoms with Crippen LogP contribution in [0.2, 0.25) is 0 Å². The Bertz CT molecular complexity index is 730. The molecule has 8 heteroatoms. The average Bonchev–Trinajstić information content (AvgIpc) is 3.00. The lowest BCUT2D eigenvalue weighted by atomic mass is 9.73. The number of nitrogens with zero attached hydrogens (tertiary/aromatic N) is 4. The first-order chi connectivity index (χ1) is 11.2. The first-order valence-corrected chi connectivity index (χ1v) is 10.3. The summed E-state index contributed by atoms with van der Waals surface area (Å²) in [6.07, 6.45) is 2.09. The second kappa shape index (κ2) is 6.09. The van der Waals surface area contributed by atoms with E-state index in [1.807, 2.05) is 18.7 Å². The average molecular weight is 356 g/mol. The topological polar surface area (TPSA) is 78.7 Å². The van der Waals surface area contributed by atoms with Gasteiger partial charge in [-0.1, -0.05) is 0 Å². The molecule has 3 rings (SSSR count). The summed E-state index contributed by atoms with van der Waals surface area (Å²) in [5.41, 5.74) is 3.21. The zero-order chi connectivity index (χ0) is 17.7. The lowest BCUT2D eigenvalue weighted by molar-refractivity contribution is 0.0169. The van der Waals surface area contributed by atoms with Gasteiger partial charge in [0.1, 0.15) is 0 Å². The van der Waals surface area contributed by atoms with E-state index in [1.54, 1.807) is 0 Å². The Balaban J connectivity index is 1.76. The Hall–Kier alpha value is -0.960. The van der Waals surface area contributed by atoms with E-state index in [0.717, 1.165) is 31.7 Å². The maximum Gasteiger partial charge on any atom is 0.211 e. The minimum atomic E-state index is -3.21. The summed E-state index contributed by atoms with van der Waals surface area (Å²) in [5, 5.41) is 14.4. The molecule has 0 aromatic carbocycles. The van der Waals surface area contributed by atoms with Crippen LogP contribution in [0.25, 0.3) is 0 Å². The Morgan fingerprint density at radius 3 is 2.58 bits per heavy atom. The number of aryl methyl sites for hydroxylation is 2. The van der Waals surface area contributed by atoms with Crippen molar-refractivity contribution in [2.75, 3.05) is 39.0 Å². The summed E-state index contributed by atoms with van der Waals surface area (Å²) >= 11 is 0. The van der Waals surface area contributed by atoms with Crippen LogP contribution in [0.5, 0.6) is 0 Å². The number of sulfonamides is 1. The molecule has 0 radical (unpaired) electrons. The normalized spacial score (nSPS) is 29.1. The van der Waals surface area contributed by atoms with E-state index in [4.69, 9.17) is 0 Å². The van der Waals surface area contributed by atoms with Crippen LogP contribution >= 0.6 is 0 Å². The fraction of sp³-hybridized carbons (Fsp3) is 0.812. The number of aliphatic hydroxyl groups is 1. The molecule has 7 nitrogen and oxygen atoms in total. The first kappa shape index (κ1) is 17.8. The van der Waals surface area contributed by atoms with Crippen LogP contribution in [0.4, 0.5) is 0 Å². The number of hydrogen-bond acceptors (Lipinski definition) is 5. The zero-order valence-corrected chi connectivity index (χ0v) is 15.8. The Labute approximate surface area is 144 Å². The molecular weight excluding hydrogens is 328 g/mol. The van der Waals surface area contributed by atoms with Gasteiger partial charge in [0, 0.05) is 49.9 Å². The maximum absolute atomic E-state index is 11.9. The largest absolute Gasteiger partial charge is 0.396 e. The summed E-state index contributed by atoms with van der Waals surface area (Å²) in [6.45, 7) is 7.67. The van der Waals surface area contributed by atoms with Crippen molar-refractivity contribution >= 4 is 10.0 Å². The first-order valence-electron chi connectivity index (χ1n) is 8.44. The minimum Gasteiger partial charge on any atom is -0.396 e. The second-order valence-electron chi connectivity index (χ2n) is 7.53. The van der Waals surface area contributed by atoms with E-state index >= 15 is 0 Å². The van der Waals surface area contributed by atoms with Gasteiger partial charge in [0.05, 0.1) is 18.6 Å². The molecule has 1 aromatic rings. The quantitative estimate of drug-likeness (QED) is 0.829. The van der Waals surface area contributed by atoms with E-state index in [2.05, 4.69) is 16.9 Å². The molecule has 0 amide bonds. The molecule has 136 valence electrons. The molecule has 0 unspecified atom stereocenters. The number of fused-ring (bicyclic) bond motifs is 1. The predicted molar refractivity (Wildman–Crippen MR) is 92.0 cm³/mol. The van der Waals surface area contributed by atoms with Crippen LogP contribution in [-0.4, -0.2) is 71.6 Å². The summed E-state index contributed by atoms with van der Waals surface area (Å²) in [4.78, 5) is 2.38. The molecule has 0 saturated carbocycles. The molecule has 3 heterocycles. The predicted octanol–water partition coefficient (Wildman–Crippen LogP) is 0.113. The summed E-state index contributed by atoms with van der Waals surface area (Å²) < 4.78 is 27.3. The Morgan fingerprint density at radius 1 is 1.33 bits per heavy atom. The number of aliphatic hydroxyl groups excluding tert-OH is 1. The van der Waals surface area contributed by atoms with Crippen molar-refractivity contribution < 1.29 is 13.5 Å². The molecule has 2 saturated heterocycles. The molecule has 0 spiro atoms. The van der Waals surface area contributed by atoms with Crippen molar-refractivity contribution in [3.05, 3.63) is 17.0 Å². The molecule has 1 N–H and O–H groups in total. The van der Waals surface area contributed by atoms with Crippen LogP contribution in [0, 0.1) is 25.2 Å². The number of aromatic nitrogens is 2. The third kappa shape index (κ3) is 3.00. The number of likely N-dealkylation sites (tertiary alicyclic amines) is 1. The van der Waals surface area contributed by atoms with E-state index in [-0.39, 0.29) is 17.9 Å². The monoisotopic (exact) mass is 356 g/mol. The van der Waals surface area contributed by atoms with Crippen molar-refractivity contribution in [2.45, 2.75) is 26.8 Å². The van der Waals surface area contributed by atoms with Gasteiger partial charge in [-0.2, -0.15) is 5.10 Å². The van der Waals surface area contributed by atoms with Crippen molar-refractivity contribution in [2.24, 2.45) is 18.4 Å². The third-order valence-electron chi connectivity index (χ3n) is 6.01. The molecule has 2 atom stereocenters. The minimum absolute atomic E-state index is 0.0580. The maximum atomic E-state index is 11.9. The van der Waals surface area contributed by atoms with Gasteiger partial charge in [0.2, 0.25) is 10.0 Å². The van der Waals surface area contributed by atoms with E-state index in [1.165, 1.54) is 21.8 Å². The SMILES string of the molecule is Cc1nn(C)c(C)c1CN1CC[C@@]2(CO)CN(S(C)(=O)=O)C[C@H]2C1. The van der Waals surface area contributed by atoms with Gasteiger partial charge in [0.15, 0.2) is 0 Å². The van der Waals surface area contributed by atoms with Crippen LogP contribution in [0.15, 0.2) is 0 Å². The van der Waals surface area contributed by atoms with Gasteiger partial charge >= 0.3 is 0 Å². The van der Waals surface area contributed by atoms with Crippen molar-refractivity contribution in [3.8, 4) is 0 Å². The second-order valence-corrected chi connectivity index (χ2v) is 9.51. The number of rotatable bonds is 4. The molecule has 0 aliphatic carbocycles. The molecule has 0 bridgehead atoms. The van der Waals surface area contributed by atoms with Gasteiger partial charge in [-0.25, -0.2) is 12.7 Å². The fourth-order valence-electron chi connectivity index (χ4n) is 4.23. The van der Waals surface area contributed by atoms with Gasteiger partial charge in [-0.05, 0) is 32.7 Å². The molecule has 24 heavy (non-hydrogen) atoms. The number of piperidine rings is 1. The van der Waals surface area contributed by atoms with Gasteiger partial charge in [-0.15, -0.1) is 0 Å². The van der Waals surface area contributed by atoms with Gasteiger partial charge in [0.25, 0.3) is 0 Å². The lowest BCUT2D eigenvalue weighted by Crippen LogP contribution is -2.48. The highest BCUT2D eigenvalue weighted by Crippen LogP contribution is 2.43. The highest BCUT2D eigenvalue weighted by Gasteiger charge is 2.51. The lowest BCUT2D eigenvalue weighted by Gasteiger charge is -2.42. The van der Waals surface area contributed by atoms with Crippen molar-refractivity contribution in [1.29, 1.82) is 0 Å². The van der Waals surface area contributed by atoms with E-state index < -0.39 is 10.0 Å². The smallest absolute Gasteiger partial charge is 0.211 e.